The molecule has 1 N–H and O–H groups in total. The first-order valence-electron chi connectivity index (χ1n) is 36.7. The van der Waals surface area contributed by atoms with E-state index in [1.807, 2.05) is 0 Å². The van der Waals surface area contributed by atoms with Crippen LogP contribution in [-0.4, -0.2) is 9.13 Å². The number of rotatable bonds is 8. The zero-order chi connectivity index (χ0) is 73.0. The number of para-hydroxylation sites is 3. The Hall–Kier alpha value is -8.40. The van der Waals surface area contributed by atoms with Crippen LogP contribution in [-0.2, 0) is 0 Å². The summed E-state index contributed by atoms with van der Waals surface area (Å²) in [5.41, 5.74) is -10.9. The standard InChI is InChI=1S/C60H41N3/c1-4-17-41(18-5-1)44-31-34-58-52(38-44)53-39-45(42-19-6-2-7-20-42)32-35-59(53)63(58)60-36-33-46(43-21-8-3-9-22-43)40-55(60)61-54-28-13-10-25-49(54)47-23-16-24-48(37-47)62-56-29-14-11-26-50(56)51-27-12-15-30-57(51)62/h1-40,61H/i1D,2D,3D,4D,5D,6D,7D,8D,9D,10D,11D,12D,13D,14D,15D,16D,17D,18D,19D,20D,21D,22D,24D,25D,26D,27D,28D,29D,30D,31D,32D,34D,35D,37D,38D,39D. The zero-order valence-electron chi connectivity index (χ0n) is 67.7. The molecule has 2 aromatic heterocycles. The predicted octanol–water partition coefficient (Wildman–Crippen LogP) is 16.3. The molecule has 0 radical (unpaired) electrons. The van der Waals surface area contributed by atoms with Gasteiger partial charge < -0.3 is 14.5 Å². The number of hydrogen-bond acceptors (Lipinski definition) is 1. The van der Waals surface area contributed by atoms with Crippen LogP contribution in [0.4, 0.5) is 11.4 Å². The lowest BCUT2D eigenvalue weighted by atomic mass is 10.0. The fourth-order valence-corrected chi connectivity index (χ4v) is 7.24. The van der Waals surface area contributed by atoms with E-state index in [-0.39, 0.29) is 5.56 Å². The molecule has 0 spiro atoms. The minimum absolute atomic E-state index is 0.314. The van der Waals surface area contributed by atoms with Crippen molar-refractivity contribution in [2.24, 2.45) is 0 Å². The topological polar surface area (TPSA) is 21.9 Å². The summed E-state index contributed by atoms with van der Waals surface area (Å²) in [6.07, 6.45) is 0. The van der Waals surface area contributed by atoms with Crippen molar-refractivity contribution in [1.29, 1.82) is 0 Å². The van der Waals surface area contributed by atoms with Crippen LogP contribution in [0.25, 0.3) is 99.5 Å². The number of hydrogen-bond donors (Lipinski definition) is 1. The molecular formula is C60H41N3. The minimum Gasteiger partial charge on any atom is -0.353 e. The van der Waals surface area contributed by atoms with Gasteiger partial charge in [-0.25, -0.2) is 0 Å². The number of fused-ring (bicyclic) bond motifs is 6. The lowest BCUT2D eigenvalue weighted by Crippen LogP contribution is -2.02. The molecule has 0 amide bonds. The Kier molecular flexibility index (Phi) is 3.68. The second kappa shape index (κ2) is 15.3. The van der Waals surface area contributed by atoms with Gasteiger partial charge in [-0.15, -0.1) is 0 Å². The Balaban J connectivity index is 1.27. The van der Waals surface area contributed by atoms with Crippen LogP contribution in [0.2, 0.25) is 0 Å². The van der Waals surface area contributed by atoms with E-state index < -0.39 is 323 Å². The molecule has 12 aromatic rings. The van der Waals surface area contributed by atoms with Crippen molar-refractivity contribution in [3.63, 3.8) is 0 Å². The monoisotopic (exact) mass is 840 g/mol. The first kappa shape index (κ1) is 15.2. The second-order valence-electron chi connectivity index (χ2n) is 13.5. The van der Waals surface area contributed by atoms with Gasteiger partial charge >= 0.3 is 0 Å². The molecule has 3 heteroatoms. The fourth-order valence-electron chi connectivity index (χ4n) is 7.24. The van der Waals surface area contributed by atoms with Gasteiger partial charge in [0.15, 0.2) is 0 Å². The van der Waals surface area contributed by atoms with Gasteiger partial charge in [0, 0.05) is 38.5 Å². The average molecular weight is 840 g/mol. The Morgan fingerprint density at radius 1 is 0.317 bits per heavy atom. The molecule has 0 aliphatic rings. The van der Waals surface area contributed by atoms with Crippen molar-refractivity contribution in [2.75, 3.05) is 5.32 Å². The maximum atomic E-state index is 10.0. The average Bonchev–Trinajstić information content (AvgIpc) is 1.55. The van der Waals surface area contributed by atoms with E-state index in [0.29, 0.717) is 0 Å². The highest BCUT2D eigenvalue weighted by atomic mass is 15.0. The molecule has 0 atom stereocenters. The molecule has 2 heterocycles. The first-order chi connectivity index (χ1) is 46.2. The smallest absolute Gasteiger partial charge is 0.0697 e. The van der Waals surface area contributed by atoms with Gasteiger partial charge in [-0.2, -0.15) is 0 Å². The summed E-state index contributed by atoms with van der Waals surface area (Å²) in [7, 11) is 0. The van der Waals surface area contributed by atoms with Gasteiger partial charge in [-0.3, -0.25) is 0 Å². The van der Waals surface area contributed by atoms with Crippen molar-refractivity contribution < 1.29 is 49.3 Å². The van der Waals surface area contributed by atoms with E-state index in [9.17, 15) is 15.1 Å². The van der Waals surface area contributed by atoms with Crippen LogP contribution in [0.5, 0.6) is 0 Å². The van der Waals surface area contributed by atoms with Gasteiger partial charge in [0.25, 0.3) is 0 Å². The van der Waals surface area contributed by atoms with Crippen molar-refractivity contribution in [1.82, 2.24) is 9.13 Å². The molecule has 0 aliphatic heterocycles. The summed E-state index contributed by atoms with van der Waals surface area (Å²) in [4.78, 5) is 0. The van der Waals surface area contributed by atoms with Crippen LogP contribution in [0, 0.1) is 0 Å². The van der Waals surface area contributed by atoms with E-state index in [1.54, 1.807) is 0 Å². The van der Waals surface area contributed by atoms with E-state index >= 15 is 0 Å². The van der Waals surface area contributed by atoms with Crippen LogP contribution in [0.15, 0.2) is 242 Å². The molecular weight excluding hydrogens is 763 g/mol. The van der Waals surface area contributed by atoms with E-state index in [4.69, 9.17) is 34.3 Å². The molecule has 0 fully saturated rings. The molecule has 10 aromatic carbocycles. The number of anilines is 2. The Labute approximate surface area is 417 Å². The molecule has 0 unspecified atom stereocenters. The third-order valence-electron chi connectivity index (χ3n) is 9.94. The molecule has 0 saturated heterocycles. The summed E-state index contributed by atoms with van der Waals surface area (Å²) < 4.78 is 328. The Morgan fingerprint density at radius 2 is 0.825 bits per heavy atom. The van der Waals surface area contributed by atoms with Crippen LogP contribution in [0.3, 0.4) is 0 Å². The van der Waals surface area contributed by atoms with Gasteiger partial charge in [-0.05, 0) is 105 Å². The van der Waals surface area contributed by atoms with Gasteiger partial charge in [0.05, 0.1) is 82.8 Å². The highest BCUT2D eigenvalue weighted by Crippen LogP contribution is 2.42. The van der Waals surface area contributed by atoms with Crippen molar-refractivity contribution in [3.8, 4) is 55.9 Å². The molecule has 63 heavy (non-hydrogen) atoms. The molecule has 3 nitrogen and oxygen atoms in total. The predicted molar refractivity (Wildman–Crippen MR) is 267 cm³/mol. The Bertz CT molecular complexity index is 5480. The highest BCUT2D eigenvalue weighted by molar-refractivity contribution is 6.12. The molecule has 0 saturated carbocycles. The molecule has 0 bridgehead atoms. The van der Waals surface area contributed by atoms with Gasteiger partial charge in [-0.1, -0.05) is 175 Å². The maximum Gasteiger partial charge on any atom is 0.0697 e. The first-order valence-corrected chi connectivity index (χ1v) is 18.7. The largest absolute Gasteiger partial charge is 0.353 e. The summed E-state index contributed by atoms with van der Waals surface area (Å²) in [5.74, 6) is 0. The highest BCUT2D eigenvalue weighted by Gasteiger charge is 2.19. The zero-order valence-corrected chi connectivity index (χ0v) is 31.7. The van der Waals surface area contributed by atoms with Crippen molar-refractivity contribution in [2.45, 2.75) is 0 Å². The van der Waals surface area contributed by atoms with Gasteiger partial charge in [0.2, 0.25) is 0 Å². The number of nitrogens with zero attached hydrogens (tertiary/aromatic N) is 2. The quantitative estimate of drug-likeness (QED) is 0.162. The number of benzene rings is 10. The lowest BCUT2D eigenvalue weighted by molar-refractivity contribution is 1.18. The normalized spacial score (nSPS) is 19.5. The summed E-state index contributed by atoms with van der Waals surface area (Å²) >= 11 is 0. The third kappa shape index (κ3) is 6.38. The molecule has 0 aliphatic carbocycles. The molecule has 296 valence electrons. The summed E-state index contributed by atoms with van der Waals surface area (Å²) in [6.45, 7) is 0. The SMILES string of the molecule is [2H]c1cc(-c2c([2H])c([2H])c([2H])c([2H])c2Nc2cc(-c3c([2H])c([2H])c([2H])c([2H])c3[2H])ccc2-n2c3c([2H])c([2H])c(-c4c([2H])c([2H])c([2H])c([2H])c4[2H])c([2H])c3c3c([2H])c(-c4c([2H])c([2H])c([2H])c([2H])c4[2H])c([2H])c([2H])c32)c([2H])c(-n2c3c([2H])c([2H])c([2H])c([2H])c3c3c([2H])c([2H])c([2H])c([2H])c32)c1[2H]. The van der Waals surface area contributed by atoms with E-state index in [0.717, 1.165) is 33.4 Å². The minimum atomic E-state index is -1.05. The fraction of sp³-hybridized carbons (Fsp3) is 0. The Morgan fingerprint density at radius 3 is 1.43 bits per heavy atom. The van der Waals surface area contributed by atoms with Crippen LogP contribution < -0.4 is 5.32 Å². The molecule has 12 rings (SSSR count). The maximum absolute atomic E-state index is 10.0. The van der Waals surface area contributed by atoms with Gasteiger partial charge in [0.1, 0.15) is 0 Å². The summed E-state index contributed by atoms with van der Waals surface area (Å²) in [6, 6.07) is -29.6. The van der Waals surface area contributed by atoms with Crippen LogP contribution >= 0.6 is 0 Å². The third-order valence-corrected chi connectivity index (χ3v) is 9.94. The lowest BCUT2D eigenvalue weighted by Gasteiger charge is -2.19. The van der Waals surface area contributed by atoms with Crippen molar-refractivity contribution in [3.05, 3.63) is 242 Å². The second-order valence-corrected chi connectivity index (χ2v) is 13.5. The van der Waals surface area contributed by atoms with Crippen molar-refractivity contribution >= 4 is 55.0 Å². The van der Waals surface area contributed by atoms with E-state index in [2.05, 4.69) is 5.32 Å². The number of nitrogens with one attached hydrogen (secondary N) is 1. The summed E-state index contributed by atoms with van der Waals surface area (Å²) in [5, 5.41) is 0.494. The van der Waals surface area contributed by atoms with E-state index in [1.165, 1.54) is 0 Å². The number of aromatic nitrogens is 2. The van der Waals surface area contributed by atoms with Crippen LogP contribution in [0.1, 0.15) is 49.3 Å².